The number of ether oxygens (including phenoxy) is 4. The minimum absolute atomic E-state index is 0.0478. The van der Waals surface area contributed by atoms with E-state index in [1.807, 2.05) is 0 Å². The van der Waals surface area contributed by atoms with Crippen LogP contribution in [0.2, 0.25) is 0 Å². The van der Waals surface area contributed by atoms with Crippen molar-refractivity contribution < 1.29 is 23.7 Å². The van der Waals surface area contributed by atoms with Crippen molar-refractivity contribution in [2.45, 2.75) is 32.0 Å². The first-order valence-electron chi connectivity index (χ1n) is 5.21. The van der Waals surface area contributed by atoms with Gasteiger partial charge in [-0.05, 0) is 6.42 Å². The van der Waals surface area contributed by atoms with Gasteiger partial charge in [-0.25, -0.2) is 0 Å². The summed E-state index contributed by atoms with van der Waals surface area (Å²) in [6.45, 7) is 2.11. The van der Waals surface area contributed by atoms with Gasteiger partial charge in [0.2, 0.25) is 0 Å². The van der Waals surface area contributed by atoms with Crippen LogP contribution in [-0.4, -0.2) is 37.9 Å². The molecule has 3 unspecified atom stereocenters. The number of fused-ring (bicyclic) bond motifs is 1. The number of carbonyl (C=O) groups is 1. The average molecular weight is 226 g/mol. The predicted octanol–water partition coefficient (Wildman–Crippen LogP) is 0.287. The summed E-state index contributed by atoms with van der Waals surface area (Å²) in [5.74, 6) is 2.05. The van der Waals surface area contributed by atoms with Gasteiger partial charge < -0.3 is 18.9 Å². The smallest absolute Gasteiger partial charge is 0.303 e. The highest BCUT2D eigenvalue weighted by molar-refractivity contribution is 5.66. The Hall–Kier alpha value is -1.09. The maximum absolute atomic E-state index is 11.0. The highest BCUT2D eigenvalue weighted by atomic mass is 16.8. The first-order chi connectivity index (χ1) is 7.72. The third-order valence-electron chi connectivity index (χ3n) is 2.67. The van der Waals surface area contributed by atoms with Crippen LogP contribution < -0.4 is 0 Å². The Labute approximate surface area is 94.0 Å². The van der Waals surface area contributed by atoms with Crippen LogP contribution in [0, 0.1) is 18.3 Å². The lowest BCUT2D eigenvalue weighted by atomic mass is 10.0. The van der Waals surface area contributed by atoms with E-state index in [9.17, 15) is 4.79 Å². The molecular formula is C11H14O5. The maximum atomic E-state index is 11.0. The van der Waals surface area contributed by atoms with Gasteiger partial charge in [-0.2, -0.15) is 0 Å². The molecule has 5 heteroatoms. The summed E-state index contributed by atoms with van der Waals surface area (Å²) in [5, 5.41) is 0. The first-order valence-corrected chi connectivity index (χ1v) is 5.21. The molecule has 0 radical (unpaired) electrons. The van der Waals surface area contributed by atoms with Crippen LogP contribution in [0.5, 0.6) is 0 Å². The van der Waals surface area contributed by atoms with Gasteiger partial charge in [0.1, 0.15) is 6.61 Å². The van der Waals surface area contributed by atoms with E-state index in [0.717, 1.165) is 6.42 Å². The molecule has 2 aliphatic heterocycles. The molecule has 16 heavy (non-hydrogen) atoms. The molecule has 0 aromatic rings. The SMILES string of the molecule is C#CCOC1OC2OCCC2[C@H]1OC(C)=O. The van der Waals surface area contributed by atoms with Crippen molar-refractivity contribution in [3.8, 4) is 12.3 Å². The molecule has 0 aromatic heterocycles. The van der Waals surface area contributed by atoms with Gasteiger partial charge in [-0.15, -0.1) is 6.42 Å². The second kappa shape index (κ2) is 4.83. The van der Waals surface area contributed by atoms with Crippen molar-refractivity contribution in [3.05, 3.63) is 0 Å². The molecule has 0 bridgehead atoms. The number of terminal acetylenes is 1. The molecular weight excluding hydrogens is 212 g/mol. The number of hydrogen-bond acceptors (Lipinski definition) is 5. The Bertz CT molecular complexity index is 308. The monoisotopic (exact) mass is 226 g/mol. The molecule has 0 saturated carbocycles. The fraction of sp³-hybridized carbons (Fsp3) is 0.727. The van der Waals surface area contributed by atoms with E-state index in [-0.39, 0.29) is 24.8 Å². The largest absolute Gasteiger partial charge is 0.457 e. The van der Waals surface area contributed by atoms with Crippen molar-refractivity contribution >= 4 is 5.97 Å². The molecule has 0 N–H and O–H groups in total. The zero-order valence-electron chi connectivity index (χ0n) is 9.05. The van der Waals surface area contributed by atoms with E-state index in [0.29, 0.717) is 6.61 Å². The third kappa shape index (κ3) is 2.19. The highest BCUT2D eigenvalue weighted by Gasteiger charge is 2.50. The minimum atomic E-state index is -0.616. The summed E-state index contributed by atoms with van der Waals surface area (Å²) in [7, 11) is 0. The molecule has 2 saturated heterocycles. The molecule has 2 fully saturated rings. The summed E-state index contributed by atoms with van der Waals surface area (Å²) in [6, 6.07) is 0. The summed E-state index contributed by atoms with van der Waals surface area (Å²) in [5.41, 5.74) is 0. The zero-order chi connectivity index (χ0) is 11.5. The molecule has 88 valence electrons. The van der Waals surface area contributed by atoms with Crippen LogP contribution >= 0.6 is 0 Å². The number of esters is 1. The summed E-state index contributed by atoms with van der Waals surface area (Å²) >= 11 is 0. The van der Waals surface area contributed by atoms with Crippen LogP contribution in [0.25, 0.3) is 0 Å². The van der Waals surface area contributed by atoms with E-state index in [2.05, 4.69) is 5.92 Å². The van der Waals surface area contributed by atoms with Crippen LogP contribution in [0.4, 0.5) is 0 Å². The van der Waals surface area contributed by atoms with Gasteiger partial charge in [0, 0.05) is 6.92 Å². The van der Waals surface area contributed by atoms with Crippen molar-refractivity contribution in [1.82, 2.24) is 0 Å². The fourth-order valence-electron chi connectivity index (χ4n) is 2.05. The lowest BCUT2D eigenvalue weighted by Crippen LogP contribution is -2.33. The Morgan fingerprint density at radius 3 is 3.12 bits per heavy atom. The van der Waals surface area contributed by atoms with Gasteiger partial charge in [-0.1, -0.05) is 5.92 Å². The lowest BCUT2D eigenvalue weighted by Gasteiger charge is -2.20. The fourth-order valence-corrected chi connectivity index (χ4v) is 2.05. The van der Waals surface area contributed by atoms with Crippen LogP contribution in [0.3, 0.4) is 0 Å². The normalized spacial score (nSPS) is 36.8. The summed E-state index contributed by atoms with van der Waals surface area (Å²) in [4.78, 5) is 11.0. The van der Waals surface area contributed by atoms with E-state index in [4.69, 9.17) is 25.4 Å². The number of hydrogen-bond donors (Lipinski definition) is 0. The molecule has 0 spiro atoms. The Kier molecular flexibility index (Phi) is 3.44. The molecule has 4 atom stereocenters. The molecule has 2 aliphatic rings. The molecule has 2 rings (SSSR count). The number of rotatable bonds is 3. The van der Waals surface area contributed by atoms with E-state index < -0.39 is 12.4 Å². The highest BCUT2D eigenvalue weighted by Crippen LogP contribution is 2.37. The predicted molar refractivity (Wildman–Crippen MR) is 53.1 cm³/mol. The van der Waals surface area contributed by atoms with Crippen LogP contribution in [0.1, 0.15) is 13.3 Å². The van der Waals surface area contributed by atoms with Crippen molar-refractivity contribution in [2.24, 2.45) is 5.92 Å². The number of carbonyl (C=O) groups excluding carboxylic acids is 1. The molecule has 5 nitrogen and oxygen atoms in total. The standard InChI is InChI=1S/C11H14O5/c1-3-5-13-11-9(15-7(2)12)8-4-6-14-10(8)16-11/h1,8-11H,4-6H2,2H3/t8?,9-,10?,11?/m1/s1. The molecule has 0 aromatic carbocycles. The second-order valence-electron chi connectivity index (χ2n) is 3.79. The van der Waals surface area contributed by atoms with Gasteiger partial charge in [-0.3, -0.25) is 4.79 Å². The van der Waals surface area contributed by atoms with Crippen molar-refractivity contribution in [3.63, 3.8) is 0 Å². The molecule has 0 aliphatic carbocycles. The van der Waals surface area contributed by atoms with Crippen LogP contribution in [-0.2, 0) is 23.7 Å². The molecule has 0 amide bonds. The van der Waals surface area contributed by atoms with Crippen LogP contribution in [0.15, 0.2) is 0 Å². The minimum Gasteiger partial charge on any atom is -0.457 e. The topological polar surface area (TPSA) is 54.0 Å². The summed E-state index contributed by atoms with van der Waals surface area (Å²) < 4.78 is 21.3. The zero-order valence-corrected chi connectivity index (χ0v) is 9.05. The van der Waals surface area contributed by atoms with Gasteiger partial charge in [0.05, 0.1) is 12.5 Å². The van der Waals surface area contributed by atoms with Gasteiger partial charge >= 0.3 is 5.97 Å². The average Bonchev–Trinajstić information content (AvgIpc) is 2.78. The van der Waals surface area contributed by atoms with Crippen molar-refractivity contribution in [1.29, 1.82) is 0 Å². The third-order valence-corrected chi connectivity index (χ3v) is 2.67. The maximum Gasteiger partial charge on any atom is 0.303 e. The van der Waals surface area contributed by atoms with Gasteiger partial charge in [0.25, 0.3) is 0 Å². The van der Waals surface area contributed by atoms with E-state index in [1.165, 1.54) is 6.92 Å². The molecule has 2 heterocycles. The Morgan fingerprint density at radius 1 is 1.62 bits per heavy atom. The Morgan fingerprint density at radius 2 is 2.44 bits per heavy atom. The van der Waals surface area contributed by atoms with E-state index in [1.54, 1.807) is 0 Å². The lowest BCUT2D eigenvalue weighted by molar-refractivity contribution is -0.212. The Balaban J connectivity index is 2.01. The van der Waals surface area contributed by atoms with Crippen molar-refractivity contribution in [2.75, 3.05) is 13.2 Å². The second-order valence-corrected chi connectivity index (χ2v) is 3.79. The first kappa shape index (κ1) is 11.4. The quantitative estimate of drug-likeness (QED) is 0.511. The van der Waals surface area contributed by atoms with Gasteiger partial charge in [0.15, 0.2) is 18.7 Å². The van der Waals surface area contributed by atoms with E-state index >= 15 is 0 Å². The summed E-state index contributed by atoms with van der Waals surface area (Å²) in [6.07, 6.45) is 4.53.